The number of thioether (sulfide) groups is 1. The van der Waals surface area contributed by atoms with Crippen molar-refractivity contribution in [3.8, 4) is 11.5 Å². The lowest BCUT2D eigenvalue weighted by atomic mass is 10.1. The zero-order chi connectivity index (χ0) is 21.7. The molecule has 0 aliphatic carbocycles. The van der Waals surface area contributed by atoms with Crippen LogP contribution in [0.1, 0.15) is 18.1 Å². The third-order valence-electron chi connectivity index (χ3n) is 4.65. The molecule has 2 aromatic carbocycles. The van der Waals surface area contributed by atoms with E-state index in [2.05, 4.69) is 5.32 Å². The molecule has 1 aliphatic rings. The molecule has 1 saturated heterocycles. The Morgan fingerprint density at radius 3 is 2.53 bits per heavy atom. The van der Waals surface area contributed by atoms with Crippen LogP contribution in [0.25, 0.3) is 6.08 Å². The Kier molecular flexibility index (Phi) is 7.12. The van der Waals surface area contributed by atoms with E-state index in [1.165, 1.54) is 16.7 Å². The molecule has 1 atom stereocenters. The summed E-state index contributed by atoms with van der Waals surface area (Å²) in [7, 11) is 1.59. The van der Waals surface area contributed by atoms with Crippen LogP contribution in [-0.2, 0) is 16.0 Å². The van der Waals surface area contributed by atoms with Gasteiger partial charge in [-0.05, 0) is 54.8 Å². The van der Waals surface area contributed by atoms with E-state index in [1.54, 1.807) is 44.4 Å². The van der Waals surface area contributed by atoms with Gasteiger partial charge in [-0.2, -0.15) is 0 Å². The molecule has 0 bridgehead atoms. The van der Waals surface area contributed by atoms with E-state index in [1.807, 2.05) is 24.3 Å². The van der Waals surface area contributed by atoms with Crippen molar-refractivity contribution in [3.63, 3.8) is 0 Å². The topological polar surface area (TPSA) is 78.9 Å². The highest BCUT2D eigenvalue weighted by Gasteiger charge is 2.38. The first kappa shape index (κ1) is 21.9. The molecule has 1 unspecified atom stereocenters. The molecule has 0 radical (unpaired) electrons. The molecule has 0 spiro atoms. The molecule has 0 aromatic heterocycles. The molecule has 6 nitrogen and oxygen atoms in total. The summed E-state index contributed by atoms with van der Waals surface area (Å²) in [5.74, 6) is 0.392. The fraction of sp³-hybridized carbons (Fsp3) is 0.227. The monoisotopic (exact) mass is 442 g/mol. The van der Waals surface area contributed by atoms with Gasteiger partial charge < -0.3 is 15.2 Å². The van der Waals surface area contributed by atoms with Crippen LogP contribution in [-0.4, -0.2) is 45.8 Å². The maximum Gasteiger partial charge on any atom is 0.266 e. The molecule has 30 heavy (non-hydrogen) atoms. The molecule has 2 N–H and O–H groups in total. The van der Waals surface area contributed by atoms with E-state index in [-0.39, 0.29) is 17.6 Å². The highest BCUT2D eigenvalue weighted by Crippen LogP contribution is 2.34. The van der Waals surface area contributed by atoms with Gasteiger partial charge in [-0.15, -0.1) is 0 Å². The van der Waals surface area contributed by atoms with Crippen molar-refractivity contribution < 1.29 is 19.4 Å². The summed E-state index contributed by atoms with van der Waals surface area (Å²) in [6.07, 6.45) is 2.38. The van der Waals surface area contributed by atoms with Crippen molar-refractivity contribution in [1.29, 1.82) is 0 Å². The summed E-state index contributed by atoms with van der Waals surface area (Å²) >= 11 is 6.54. The lowest BCUT2D eigenvalue weighted by Crippen LogP contribution is -2.47. The second-order valence-electron chi connectivity index (χ2n) is 6.71. The lowest BCUT2D eigenvalue weighted by Gasteiger charge is -2.22. The van der Waals surface area contributed by atoms with Gasteiger partial charge in [-0.1, -0.05) is 48.2 Å². The molecule has 1 aliphatic heterocycles. The van der Waals surface area contributed by atoms with E-state index in [9.17, 15) is 14.7 Å². The van der Waals surface area contributed by atoms with Crippen molar-refractivity contribution in [1.82, 2.24) is 10.2 Å². The molecule has 3 rings (SSSR count). The number of carbonyl (C=O) groups is 2. The van der Waals surface area contributed by atoms with Crippen LogP contribution in [0.4, 0.5) is 0 Å². The van der Waals surface area contributed by atoms with Crippen molar-refractivity contribution in [3.05, 3.63) is 64.6 Å². The maximum atomic E-state index is 12.8. The summed E-state index contributed by atoms with van der Waals surface area (Å²) in [6.45, 7) is 2.08. The number of nitrogens with one attached hydrogen (secondary N) is 1. The van der Waals surface area contributed by atoms with Gasteiger partial charge in [0.25, 0.3) is 5.91 Å². The fourth-order valence-corrected chi connectivity index (χ4v) is 4.34. The molecular weight excluding hydrogens is 420 g/mol. The number of rotatable bonds is 7. The Hall–Kier alpha value is -2.84. The number of benzene rings is 2. The zero-order valence-corrected chi connectivity index (χ0v) is 18.3. The van der Waals surface area contributed by atoms with Crippen molar-refractivity contribution in [2.75, 3.05) is 13.7 Å². The van der Waals surface area contributed by atoms with Gasteiger partial charge in [0.1, 0.15) is 21.9 Å². The number of carbonyl (C=O) groups excluding carboxylic acids is 2. The lowest BCUT2D eigenvalue weighted by molar-refractivity contribution is -0.132. The average Bonchev–Trinajstić information content (AvgIpc) is 3.02. The molecule has 2 aromatic rings. The minimum Gasteiger partial charge on any atom is -0.508 e. The normalized spacial score (nSPS) is 16.1. The maximum absolute atomic E-state index is 12.8. The van der Waals surface area contributed by atoms with Gasteiger partial charge in [0.15, 0.2) is 0 Å². The molecule has 1 fully saturated rings. The van der Waals surface area contributed by atoms with E-state index < -0.39 is 6.04 Å². The summed E-state index contributed by atoms with van der Waals surface area (Å²) in [6, 6.07) is 13.4. The standard InChI is InChI=1S/C22H22N2O4S2/c1-14(20(26)23-12-11-15-3-7-17(25)8-4-15)24-21(27)19(30-22(24)29)13-16-5-9-18(28-2)10-6-16/h3-10,13-14,25H,11-12H2,1-2H3,(H,23,26)/b19-13-. The summed E-state index contributed by atoms with van der Waals surface area (Å²) in [4.78, 5) is 27.2. The number of aromatic hydroxyl groups is 1. The van der Waals surface area contributed by atoms with Crippen LogP contribution in [0.3, 0.4) is 0 Å². The SMILES string of the molecule is COc1ccc(/C=C2\SC(=S)N(C(C)C(=O)NCCc3ccc(O)cc3)C2=O)cc1. The Morgan fingerprint density at radius 1 is 1.23 bits per heavy atom. The van der Waals surface area contributed by atoms with Crippen molar-refractivity contribution in [2.24, 2.45) is 0 Å². The first-order chi connectivity index (χ1) is 14.4. The van der Waals surface area contributed by atoms with Crippen molar-refractivity contribution >= 4 is 46.2 Å². The van der Waals surface area contributed by atoms with Crippen molar-refractivity contribution in [2.45, 2.75) is 19.4 Å². The largest absolute Gasteiger partial charge is 0.508 e. The van der Waals surface area contributed by atoms with Crippen LogP contribution >= 0.6 is 24.0 Å². The highest BCUT2D eigenvalue weighted by atomic mass is 32.2. The Labute approximate surface area is 184 Å². The van der Waals surface area contributed by atoms with Gasteiger partial charge in [-0.3, -0.25) is 14.5 Å². The van der Waals surface area contributed by atoms with E-state index in [0.29, 0.717) is 22.2 Å². The third kappa shape index (κ3) is 5.20. The highest BCUT2D eigenvalue weighted by molar-refractivity contribution is 8.26. The van der Waals surface area contributed by atoms with E-state index in [0.717, 1.165) is 16.9 Å². The second-order valence-corrected chi connectivity index (χ2v) is 8.38. The summed E-state index contributed by atoms with van der Waals surface area (Å²) < 4.78 is 5.50. The third-order valence-corrected chi connectivity index (χ3v) is 5.98. The number of hydrogen-bond donors (Lipinski definition) is 2. The molecular formula is C22H22N2O4S2. The molecule has 2 amide bonds. The van der Waals surface area contributed by atoms with E-state index in [4.69, 9.17) is 17.0 Å². The van der Waals surface area contributed by atoms with Gasteiger partial charge in [-0.25, -0.2) is 0 Å². The molecule has 8 heteroatoms. The van der Waals surface area contributed by atoms with Crippen LogP contribution in [0.15, 0.2) is 53.4 Å². The summed E-state index contributed by atoms with van der Waals surface area (Å²) in [5, 5.41) is 12.2. The predicted octanol–water partition coefficient (Wildman–Crippen LogP) is 3.35. The second kappa shape index (κ2) is 9.77. The number of ether oxygens (including phenoxy) is 1. The summed E-state index contributed by atoms with van der Waals surface area (Å²) in [5.41, 5.74) is 1.84. The number of phenols is 1. The number of hydrogen-bond acceptors (Lipinski definition) is 6. The Balaban J connectivity index is 1.60. The first-order valence-corrected chi connectivity index (χ1v) is 10.6. The van der Waals surface area contributed by atoms with Gasteiger partial charge in [0, 0.05) is 6.54 Å². The fourth-order valence-electron chi connectivity index (χ4n) is 2.92. The zero-order valence-electron chi connectivity index (χ0n) is 16.6. The quantitative estimate of drug-likeness (QED) is 0.506. The minimum atomic E-state index is -0.709. The van der Waals surface area contributed by atoms with Crippen LogP contribution < -0.4 is 10.1 Å². The number of phenolic OH excluding ortho intramolecular Hbond substituents is 1. The minimum absolute atomic E-state index is 0.202. The number of amides is 2. The average molecular weight is 443 g/mol. The van der Waals surface area contributed by atoms with Gasteiger partial charge >= 0.3 is 0 Å². The van der Waals surface area contributed by atoms with E-state index >= 15 is 0 Å². The smallest absolute Gasteiger partial charge is 0.266 e. The number of thiocarbonyl (C=S) groups is 1. The molecule has 156 valence electrons. The van der Waals surface area contributed by atoms with Crippen LogP contribution in [0.5, 0.6) is 11.5 Å². The first-order valence-electron chi connectivity index (χ1n) is 9.36. The van der Waals surface area contributed by atoms with Crippen LogP contribution in [0, 0.1) is 0 Å². The molecule has 0 saturated carbocycles. The number of methoxy groups -OCH3 is 1. The Morgan fingerprint density at radius 2 is 1.90 bits per heavy atom. The van der Waals surface area contributed by atoms with Crippen LogP contribution in [0.2, 0.25) is 0 Å². The van der Waals surface area contributed by atoms with Gasteiger partial charge in [0.05, 0.1) is 12.0 Å². The molecule has 1 heterocycles. The number of nitrogens with zero attached hydrogens (tertiary/aromatic N) is 1. The Bertz CT molecular complexity index is 972. The predicted molar refractivity (Wildman–Crippen MR) is 122 cm³/mol. The van der Waals surface area contributed by atoms with Gasteiger partial charge in [0.2, 0.25) is 5.91 Å².